The van der Waals surface area contributed by atoms with Gasteiger partial charge >= 0.3 is 0 Å². The van der Waals surface area contributed by atoms with Gasteiger partial charge in [0.15, 0.2) is 0 Å². The third-order valence-electron chi connectivity index (χ3n) is 4.33. The summed E-state index contributed by atoms with van der Waals surface area (Å²) in [5, 5.41) is 6.00. The lowest BCUT2D eigenvalue weighted by Crippen LogP contribution is -2.55. The monoisotopic (exact) mass is 369 g/mol. The van der Waals surface area contributed by atoms with E-state index in [0.717, 1.165) is 5.56 Å². The van der Waals surface area contributed by atoms with Crippen LogP contribution >= 0.6 is 0 Å². The number of rotatable bonds is 7. The van der Waals surface area contributed by atoms with E-state index in [2.05, 4.69) is 10.6 Å². The van der Waals surface area contributed by atoms with Gasteiger partial charge in [0.1, 0.15) is 6.04 Å². The van der Waals surface area contributed by atoms with E-state index in [1.54, 1.807) is 24.3 Å². The maximum atomic E-state index is 12.4. The van der Waals surface area contributed by atoms with Crippen LogP contribution in [0.1, 0.15) is 26.3 Å². The number of hydrogen-bond donors (Lipinski definition) is 2. The second-order valence-electron chi connectivity index (χ2n) is 5.96. The first-order valence-corrected chi connectivity index (χ1v) is 10.1. The SMILES string of the molecule is CCN(CC)S(=O)(=O)c1ccc(CNC(=O)[C@H]2NCCO[C@@H]2C)cc1. The molecule has 7 nitrogen and oxygen atoms in total. The van der Waals surface area contributed by atoms with Crippen molar-refractivity contribution in [2.75, 3.05) is 26.2 Å². The Labute approximate surface area is 149 Å². The Kier molecular flexibility index (Phi) is 6.95. The summed E-state index contributed by atoms with van der Waals surface area (Å²) in [7, 11) is -3.45. The Hall–Kier alpha value is -1.48. The van der Waals surface area contributed by atoms with Gasteiger partial charge in [-0.25, -0.2) is 8.42 Å². The van der Waals surface area contributed by atoms with Crippen molar-refractivity contribution in [3.05, 3.63) is 29.8 Å². The van der Waals surface area contributed by atoms with Crippen molar-refractivity contribution >= 4 is 15.9 Å². The van der Waals surface area contributed by atoms with E-state index < -0.39 is 10.0 Å². The van der Waals surface area contributed by atoms with Crippen LogP contribution in [-0.2, 0) is 26.1 Å². The van der Waals surface area contributed by atoms with Crippen LogP contribution in [0.4, 0.5) is 0 Å². The third kappa shape index (κ3) is 4.78. The van der Waals surface area contributed by atoms with Crippen molar-refractivity contribution in [1.82, 2.24) is 14.9 Å². The zero-order valence-electron chi connectivity index (χ0n) is 15.0. The van der Waals surface area contributed by atoms with Crippen LogP contribution in [0, 0.1) is 0 Å². The number of nitrogens with zero attached hydrogens (tertiary/aromatic N) is 1. The zero-order valence-corrected chi connectivity index (χ0v) is 15.8. The number of ether oxygens (including phenoxy) is 1. The van der Waals surface area contributed by atoms with Crippen molar-refractivity contribution in [2.45, 2.75) is 44.4 Å². The predicted molar refractivity (Wildman–Crippen MR) is 95.6 cm³/mol. The quantitative estimate of drug-likeness (QED) is 0.739. The van der Waals surface area contributed by atoms with E-state index in [-0.39, 0.29) is 22.9 Å². The van der Waals surface area contributed by atoms with E-state index in [1.807, 2.05) is 20.8 Å². The van der Waals surface area contributed by atoms with Crippen LogP contribution in [0.2, 0.25) is 0 Å². The number of carbonyl (C=O) groups excluding carboxylic acids is 1. The van der Waals surface area contributed by atoms with Gasteiger partial charge in [0.25, 0.3) is 0 Å². The van der Waals surface area contributed by atoms with E-state index in [4.69, 9.17) is 4.74 Å². The Morgan fingerprint density at radius 1 is 1.28 bits per heavy atom. The number of hydrogen-bond acceptors (Lipinski definition) is 5. The summed E-state index contributed by atoms with van der Waals surface area (Å²) in [5.74, 6) is -0.118. The molecule has 1 aliphatic rings. The molecule has 1 aromatic carbocycles. The lowest BCUT2D eigenvalue weighted by atomic mass is 10.1. The van der Waals surface area contributed by atoms with E-state index in [0.29, 0.717) is 32.8 Å². The zero-order chi connectivity index (χ0) is 18.4. The van der Waals surface area contributed by atoms with Crippen LogP contribution in [-0.4, -0.2) is 57.0 Å². The minimum Gasteiger partial charge on any atom is -0.375 e. The summed E-state index contributed by atoms with van der Waals surface area (Å²) < 4.78 is 31.8. The van der Waals surface area contributed by atoms with E-state index in [9.17, 15) is 13.2 Å². The summed E-state index contributed by atoms with van der Waals surface area (Å²) in [6.07, 6.45) is -0.171. The Morgan fingerprint density at radius 3 is 2.48 bits per heavy atom. The number of nitrogens with one attached hydrogen (secondary N) is 2. The summed E-state index contributed by atoms with van der Waals surface area (Å²) >= 11 is 0. The number of sulfonamides is 1. The molecule has 0 aliphatic carbocycles. The maximum absolute atomic E-state index is 12.4. The van der Waals surface area contributed by atoms with Crippen LogP contribution in [0.15, 0.2) is 29.2 Å². The molecule has 1 amide bonds. The van der Waals surface area contributed by atoms with Crippen molar-refractivity contribution in [1.29, 1.82) is 0 Å². The fourth-order valence-corrected chi connectivity index (χ4v) is 4.28. The molecule has 0 bridgehead atoms. The molecule has 2 rings (SSSR count). The van der Waals surface area contributed by atoms with Gasteiger partial charge in [-0.3, -0.25) is 4.79 Å². The molecule has 1 saturated heterocycles. The molecule has 8 heteroatoms. The molecule has 1 fully saturated rings. The molecular weight excluding hydrogens is 342 g/mol. The first kappa shape index (κ1) is 19.8. The molecule has 0 radical (unpaired) electrons. The van der Waals surface area contributed by atoms with Crippen LogP contribution in [0.3, 0.4) is 0 Å². The largest absolute Gasteiger partial charge is 0.375 e. The molecule has 25 heavy (non-hydrogen) atoms. The first-order chi connectivity index (χ1) is 11.9. The summed E-state index contributed by atoms with van der Waals surface area (Å²) in [5.41, 5.74) is 0.844. The second-order valence-corrected chi connectivity index (χ2v) is 7.90. The van der Waals surface area contributed by atoms with Gasteiger partial charge in [0, 0.05) is 26.2 Å². The molecule has 1 aromatic rings. The standard InChI is InChI=1S/C17H27N3O4S/c1-4-20(5-2)25(22,23)15-8-6-14(7-9-15)12-19-17(21)16-13(3)24-11-10-18-16/h6-9,13,16,18H,4-5,10-12H2,1-3H3,(H,19,21)/t13-,16+/m1/s1. The fourth-order valence-electron chi connectivity index (χ4n) is 2.82. The van der Waals surface area contributed by atoms with Crippen molar-refractivity contribution in [3.8, 4) is 0 Å². The molecular formula is C17H27N3O4S. The normalized spacial score (nSPS) is 21.3. The minimum absolute atomic E-state index is 0.118. The van der Waals surface area contributed by atoms with E-state index in [1.165, 1.54) is 4.31 Å². The predicted octanol–water partition coefficient (Wildman–Crippen LogP) is 0.710. The second kappa shape index (κ2) is 8.75. The summed E-state index contributed by atoms with van der Waals surface area (Å²) in [6.45, 7) is 7.97. The third-order valence-corrected chi connectivity index (χ3v) is 6.40. The molecule has 0 aromatic heterocycles. The van der Waals surface area contributed by atoms with Crippen molar-refractivity contribution in [3.63, 3.8) is 0 Å². The number of morpholine rings is 1. The average molecular weight is 369 g/mol. The lowest BCUT2D eigenvalue weighted by molar-refractivity contribution is -0.129. The van der Waals surface area contributed by atoms with E-state index >= 15 is 0 Å². The highest BCUT2D eigenvalue weighted by molar-refractivity contribution is 7.89. The topological polar surface area (TPSA) is 87.7 Å². The molecule has 0 unspecified atom stereocenters. The highest BCUT2D eigenvalue weighted by Gasteiger charge is 2.28. The molecule has 2 atom stereocenters. The van der Waals surface area contributed by atoms with Gasteiger partial charge < -0.3 is 15.4 Å². The van der Waals surface area contributed by atoms with Gasteiger partial charge in [-0.1, -0.05) is 26.0 Å². The van der Waals surface area contributed by atoms with Crippen molar-refractivity contribution in [2.24, 2.45) is 0 Å². The fraction of sp³-hybridized carbons (Fsp3) is 0.588. The number of benzene rings is 1. The highest BCUT2D eigenvalue weighted by atomic mass is 32.2. The molecule has 0 spiro atoms. The summed E-state index contributed by atoms with van der Waals surface area (Å²) in [6, 6.07) is 6.26. The van der Waals surface area contributed by atoms with Gasteiger partial charge in [-0.2, -0.15) is 4.31 Å². The van der Waals surface area contributed by atoms with Gasteiger partial charge in [0.05, 0.1) is 17.6 Å². The maximum Gasteiger partial charge on any atom is 0.243 e. The summed E-state index contributed by atoms with van der Waals surface area (Å²) in [4.78, 5) is 12.5. The molecule has 140 valence electrons. The Bertz CT molecular complexity index is 672. The molecule has 1 aliphatic heterocycles. The van der Waals surface area contributed by atoms with Gasteiger partial charge in [-0.05, 0) is 24.6 Å². The Balaban J connectivity index is 1.97. The van der Waals surface area contributed by atoms with Crippen molar-refractivity contribution < 1.29 is 17.9 Å². The highest BCUT2D eigenvalue weighted by Crippen LogP contribution is 2.16. The number of carbonyl (C=O) groups is 1. The Morgan fingerprint density at radius 2 is 1.92 bits per heavy atom. The van der Waals surface area contributed by atoms with Gasteiger partial charge in [-0.15, -0.1) is 0 Å². The first-order valence-electron chi connectivity index (χ1n) is 8.62. The van der Waals surface area contributed by atoms with Gasteiger partial charge in [0.2, 0.25) is 15.9 Å². The van der Waals surface area contributed by atoms with Crippen LogP contribution < -0.4 is 10.6 Å². The average Bonchev–Trinajstić information content (AvgIpc) is 2.61. The molecule has 2 N–H and O–H groups in total. The smallest absolute Gasteiger partial charge is 0.243 e. The minimum atomic E-state index is -3.45. The van der Waals surface area contributed by atoms with Crippen LogP contribution in [0.25, 0.3) is 0 Å². The molecule has 0 saturated carbocycles. The number of amides is 1. The van der Waals surface area contributed by atoms with Crippen LogP contribution in [0.5, 0.6) is 0 Å². The lowest BCUT2D eigenvalue weighted by Gasteiger charge is -2.29. The molecule has 1 heterocycles.